The van der Waals surface area contributed by atoms with Gasteiger partial charge in [0, 0.05) is 6.21 Å². The minimum Gasteiger partial charge on any atom is -0.494 e. The molecular formula is C28H30BrNO3. The number of halogens is 1. The summed E-state index contributed by atoms with van der Waals surface area (Å²) < 4.78 is 12.0. The maximum absolute atomic E-state index is 12.3. The number of para-hydroxylation sites is 1. The number of carbonyl (C=O) groups excluding carboxylic acids is 1. The molecule has 3 rings (SSSR count). The molecule has 5 heteroatoms. The van der Waals surface area contributed by atoms with Crippen LogP contribution in [0.4, 0.5) is 5.69 Å². The molecule has 0 bridgehead atoms. The summed E-state index contributed by atoms with van der Waals surface area (Å²) in [6, 6.07) is 22.2. The van der Waals surface area contributed by atoms with Crippen LogP contribution in [0.5, 0.6) is 11.5 Å². The molecule has 0 saturated heterocycles. The van der Waals surface area contributed by atoms with E-state index in [4.69, 9.17) is 9.47 Å². The van der Waals surface area contributed by atoms with E-state index in [0.29, 0.717) is 11.3 Å². The highest BCUT2D eigenvalue weighted by molar-refractivity contribution is 9.10. The van der Waals surface area contributed by atoms with E-state index in [1.165, 1.54) is 32.1 Å². The lowest BCUT2D eigenvalue weighted by molar-refractivity contribution is 0.0733. The summed E-state index contributed by atoms with van der Waals surface area (Å²) in [5.74, 6) is 0.964. The SMILES string of the molecule is CCCCCCCCOc1ccc(C=Nc2ccc(C(=O)Oc3ccccc3Br)cc2)cc1. The molecule has 0 saturated carbocycles. The summed E-state index contributed by atoms with van der Waals surface area (Å²) in [6.07, 6.45) is 9.34. The molecular weight excluding hydrogens is 478 g/mol. The van der Waals surface area contributed by atoms with Gasteiger partial charge in [0.05, 0.1) is 22.3 Å². The number of benzene rings is 3. The van der Waals surface area contributed by atoms with E-state index in [1.54, 1.807) is 36.5 Å². The third-order valence-corrected chi connectivity index (χ3v) is 5.81. The second-order valence-corrected chi connectivity index (χ2v) is 8.66. The van der Waals surface area contributed by atoms with E-state index < -0.39 is 5.97 Å². The van der Waals surface area contributed by atoms with Crippen LogP contribution < -0.4 is 9.47 Å². The quantitative estimate of drug-likeness (QED) is 0.107. The van der Waals surface area contributed by atoms with E-state index in [1.807, 2.05) is 42.5 Å². The first kappa shape index (κ1) is 24.7. The van der Waals surface area contributed by atoms with Crippen molar-refractivity contribution in [1.29, 1.82) is 0 Å². The molecule has 0 aliphatic heterocycles. The number of hydrogen-bond acceptors (Lipinski definition) is 4. The second-order valence-electron chi connectivity index (χ2n) is 7.81. The Labute approximate surface area is 204 Å². The van der Waals surface area contributed by atoms with Gasteiger partial charge in [0.25, 0.3) is 0 Å². The first-order chi connectivity index (χ1) is 16.2. The van der Waals surface area contributed by atoms with Gasteiger partial charge in [-0.3, -0.25) is 4.99 Å². The Hall–Kier alpha value is -2.92. The van der Waals surface area contributed by atoms with Crippen molar-refractivity contribution >= 4 is 33.8 Å². The summed E-state index contributed by atoms with van der Waals surface area (Å²) in [5.41, 5.74) is 2.21. The van der Waals surface area contributed by atoms with Crippen LogP contribution in [0.1, 0.15) is 61.4 Å². The third kappa shape index (κ3) is 8.50. The van der Waals surface area contributed by atoms with E-state index in [-0.39, 0.29) is 0 Å². The molecule has 0 N–H and O–H groups in total. The van der Waals surface area contributed by atoms with Gasteiger partial charge in [0.1, 0.15) is 11.5 Å². The molecule has 0 heterocycles. The van der Waals surface area contributed by atoms with Crippen molar-refractivity contribution in [3.05, 3.63) is 88.4 Å². The molecule has 3 aromatic carbocycles. The van der Waals surface area contributed by atoms with E-state index in [2.05, 4.69) is 27.8 Å². The summed E-state index contributed by atoms with van der Waals surface area (Å²) in [4.78, 5) is 16.8. The second kappa shape index (κ2) is 13.6. The van der Waals surface area contributed by atoms with Crippen molar-refractivity contribution in [3.8, 4) is 11.5 Å². The normalized spacial score (nSPS) is 11.0. The standard InChI is InChI=1S/C28H30BrNO3/c1-2-3-4-5-6-9-20-32-25-18-12-22(13-19-25)21-30-24-16-14-23(15-17-24)28(31)33-27-11-8-7-10-26(27)29/h7-8,10-19,21H,2-6,9,20H2,1H3. The van der Waals surface area contributed by atoms with Crippen LogP contribution in [-0.2, 0) is 0 Å². The van der Waals surface area contributed by atoms with Gasteiger partial charge in [-0.25, -0.2) is 4.79 Å². The van der Waals surface area contributed by atoms with Crippen LogP contribution in [0.2, 0.25) is 0 Å². The van der Waals surface area contributed by atoms with Crippen LogP contribution in [0.15, 0.2) is 82.3 Å². The lowest BCUT2D eigenvalue weighted by Crippen LogP contribution is -2.08. The van der Waals surface area contributed by atoms with Gasteiger partial charge in [-0.15, -0.1) is 0 Å². The first-order valence-electron chi connectivity index (χ1n) is 11.5. The molecule has 0 atom stereocenters. The van der Waals surface area contributed by atoms with Crippen molar-refractivity contribution in [2.24, 2.45) is 4.99 Å². The molecule has 4 nitrogen and oxygen atoms in total. The number of unbranched alkanes of at least 4 members (excludes halogenated alkanes) is 5. The predicted octanol–water partition coefficient (Wildman–Crippen LogP) is 8.16. The number of hydrogen-bond donors (Lipinski definition) is 0. The lowest BCUT2D eigenvalue weighted by atomic mass is 10.1. The highest BCUT2D eigenvalue weighted by Crippen LogP contribution is 2.25. The fraction of sp³-hybridized carbons (Fsp3) is 0.286. The van der Waals surface area contributed by atoms with Gasteiger partial charge in [0.15, 0.2) is 0 Å². The number of rotatable bonds is 12. The van der Waals surface area contributed by atoms with Crippen LogP contribution in [0.3, 0.4) is 0 Å². The van der Waals surface area contributed by atoms with Gasteiger partial charge in [0.2, 0.25) is 0 Å². The summed E-state index contributed by atoms with van der Waals surface area (Å²) in [5, 5.41) is 0. The molecule has 3 aromatic rings. The molecule has 172 valence electrons. The predicted molar refractivity (Wildman–Crippen MR) is 138 cm³/mol. The molecule has 0 aromatic heterocycles. The Morgan fingerprint density at radius 1 is 0.879 bits per heavy atom. The average Bonchev–Trinajstić information content (AvgIpc) is 2.84. The third-order valence-electron chi connectivity index (χ3n) is 5.15. The van der Waals surface area contributed by atoms with Crippen molar-refractivity contribution in [2.75, 3.05) is 6.61 Å². The van der Waals surface area contributed by atoms with Crippen LogP contribution >= 0.6 is 15.9 Å². The minimum atomic E-state index is -0.408. The smallest absolute Gasteiger partial charge is 0.343 e. The van der Waals surface area contributed by atoms with Crippen LogP contribution in [0.25, 0.3) is 0 Å². The van der Waals surface area contributed by atoms with Crippen molar-refractivity contribution in [1.82, 2.24) is 0 Å². The summed E-state index contributed by atoms with van der Waals surface area (Å²) in [7, 11) is 0. The van der Waals surface area contributed by atoms with Crippen molar-refractivity contribution < 1.29 is 14.3 Å². The molecule has 0 aliphatic rings. The molecule has 0 amide bonds. The highest BCUT2D eigenvalue weighted by Gasteiger charge is 2.10. The Bertz CT molecular complexity index is 1030. The highest BCUT2D eigenvalue weighted by atomic mass is 79.9. The van der Waals surface area contributed by atoms with Crippen LogP contribution in [0, 0.1) is 0 Å². The molecule has 33 heavy (non-hydrogen) atoms. The molecule has 0 unspecified atom stereocenters. The number of nitrogens with zero attached hydrogens (tertiary/aromatic N) is 1. The van der Waals surface area contributed by atoms with Gasteiger partial charge in [-0.05, 0) is 88.6 Å². The van der Waals surface area contributed by atoms with Gasteiger partial charge in [-0.2, -0.15) is 0 Å². The van der Waals surface area contributed by atoms with Gasteiger partial charge < -0.3 is 9.47 Å². The van der Waals surface area contributed by atoms with Crippen molar-refractivity contribution in [2.45, 2.75) is 45.4 Å². The topological polar surface area (TPSA) is 47.9 Å². The zero-order valence-corrected chi connectivity index (χ0v) is 20.6. The fourth-order valence-electron chi connectivity index (χ4n) is 3.24. The maximum atomic E-state index is 12.3. The Morgan fingerprint density at radius 2 is 1.58 bits per heavy atom. The Kier molecular flexibility index (Phi) is 10.2. The van der Waals surface area contributed by atoms with Gasteiger partial charge in [-0.1, -0.05) is 51.2 Å². The summed E-state index contributed by atoms with van der Waals surface area (Å²) in [6.45, 7) is 2.99. The molecule has 0 aliphatic carbocycles. The Morgan fingerprint density at radius 3 is 2.30 bits per heavy atom. The maximum Gasteiger partial charge on any atom is 0.343 e. The summed E-state index contributed by atoms with van der Waals surface area (Å²) >= 11 is 3.38. The zero-order valence-electron chi connectivity index (χ0n) is 19.0. The van der Waals surface area contributed by atoms with Crippen molar-refractivity contribution in [3.63, 3.8) is 0 Å². The average molecular weight is 508 g/mol. The molecule has 0 spiro atoms. The number of carbonyl (C=O) groups is 1. The minimum absolute atomic E-state index is 0.408. The number of ether oxygens (including phenoxy) is 2. The zero-order chi connectivity index (χ0) is 23.3. The largest absolute Gasteiger partial charge is 0.494 e. The Balaban J connectivity index is 1.45. The first-order valence-corrected chi connectivity index (χ1v) is 12.3. The number of esters is 1. The van der Waals surface area contributed by atoms with Crippen LogP contribution in [-0.4, -0.2) is 18.8 Å². The monoisotopic (exact) mass is 507 g/mol. The van der Waals surface area contributed by atoms with E-state index in [9.17, 15) is 4.79 Å². The molecule has 0 radical (unpaired) electrons. The lowest BCUT2D eigenvalue weighted by Gasteiger charge is -2.06. The van der Waals surface area contributed by atoms with Gasteiger partial charge >= 0.3 is 5.97 Å². The number of aliphatic imine (C=N–C) groups is 1. The van der Waals surface area contributed by atoms with E-state index in [0.717, 1.165) is 34.5 Å². The van der Waals surface area contributed by atoms with E-state index >= 15 is 0 Å². The molecule has 0 fully saturated rings. The fourth-order valence-corrected chi connectivity index (χ4v) is 3.61.